The maximum atomic E-state index is 4.59. The van der Waals surface area contributed by atoms with Crippen LogP contribution < -0.4 is 4.90 Å². The number of fused-ring (bicyclic) bond motifs is 1. The Balaban J connectivity index is 1.66. The first-order valence-electron chi connectivity index (χ1n) is 9.08. The van der Waals surface area contributed by atoms with E-state index in [0.29, 0.717) is 0 Å². The molecule has 3 aromatic rings. The normalized spacial score (nSPS) is 16.3. The third-order valence-corrected chi connectivity index (χ3v) is 4.77. The molecule has 0 aliphatic carbocycles. The highest BCUT2D eigenvalue weighted by atomic mass is 15.3. The second-order valence-corrected chi connectivity index (χ2v) is 6.51. The van der Waals surface area contributed by atoms with Crippen LogP contribution in [-0.2, 0) is 0 Å². The zero-order chi connectivity index (χ0) is 17.1. The number of hydrogen-bond donors (Lipinski definition) is 0. The van der Waals surface area contributed by atoms with Crippen molar-refractivity contribution in [1.82, 2.24) is 24.6 Å². The molecule has 25 heavy (non-hydrogen) atoms. The summed E-state index contributed by atoms with van der Waals surface area (Å²) in [6, 6.07) is 10.1. The van der Waals surface area contributed by atoms with Crippen LogP contribution in [0.5, 0.6) is 0 Å². The van der Waals surface area contributed by atoms with Crippen molar-refractivity contribution in [2.75, 3.05) is 37.6 Å². The number of hydrogen-bond acceptors (Lipinski definition) is 5. The molecule has 1 fully saturated rings. The molecular weight excluding hydrogens is 312 g/mol. The van der Waals surface area contributed by atoms with Crippen LogP contribution in [0.1, 0.15) is 19.8 Å². The number of anilines is 1. The van der Waals surface area contributed by atoms with Crippen molar-refractivity contribution in [2.24, 2.45) is 0 Å². The smallest absolute Gasteiger partial charge is 0.168 e. The minimum absolute atomic E-state index is 0.867. The Morgan fingerprint density at radius 2 is 1.88 bits per heavy atom. The third-order valence-electron chi connectivity index (χ3n) is 4.77. The largest absolute Gasteiger partial charge is 0.355 e. The van der Waals surface area contributed by atoms with Gasteiger partial charge >= 0.3 is 0 Å². The fourth-order valence-electron chi connectivity index (χ4n) is 3.56. The summed E-state index contributed by atoms with van der Waals surface area (Å²) in [7, 11) is 0. The van der Waals surface area contributed by atoms with Crippen LogP contribution in [0.15, 0.2) is 42.9 Å². The maximum absolute atomic E-state index is 4.59. The van der Waals surface area contributed by atoms with Gasteiger partial charge in [-0.1, -0.05) is 25.1 Å². The first-order valence-corrected chi connectivity index (χ1v) is 9.08. The molecule has 0 amide bonds. The second-order valence-electron chi connectivity index (χ2n) is 6.51. The van der Waals surface area contributed by atoms with Gasteiger partial charge in [0.2, 0.25) is 0 Å². The first-order chi connectivity index (χ1) is 12.4. The molecule has 0 atom stereocenters. The Bertz CT molecular complexity index is 828. The lowest BCUT2D eigenvalue weighted by molar-refractivity contribution is 0.294. The Morgan fingerprint density at radius 1 is 1.00 bits per heavy atom. The minimum atomic E-state index is 0.867. The van der Waals surface area contributed by atoms with Crippen LogP contribution in [0.4, 0.5) is 5.82 Å². The number of nitrogens with zero attached hydrogens (tertiary/aromatic N) is 6. The predicted octanol–water partition coefficient (Wildman–Crippen LogP) is 2.74. The van der Waals surface area contributed by atoms with E-state index in [1.165, 1.54) is 19.5 Å². The summed E-state index contributed by atoms with van der Waals surface area (Å²) in [5.41, 5.74) is 1.89. The van der Waals surface area contributed by atoms with Gasteiger partial charge in [-0.3, -0.25) is 0 Å². The fraction of sp³-hybridized carbons (Fsp3) is 0.421. The van der Waals surface area contributed by atoms with Gasteiger partial charge in [-0.2, -0.15) is 5.10 Å². The molecule has 1 aliphatic heterocycles. The minimum Gasteiger partial charge on any atom is -0.355 e. The van der Waals surface area contributed by atoms with E-state index in [9.17, 15) is 0 Å². The van der Waals surface area contributed by atoms with Gasteiger partial charge in [0.05, 0.1) is 17.3 Å². The summed E-state index contributed by atoms with van der Waals surface area (Å²) in [5.74, 6) is 1.01. The average Bonchev–Trinajstić information content (AvgIpc) is 2.96. The summed E-state index contributed by atoms with van der Waals surface area (Å²) < 4.78 is 1.89. The Hall–Kier alpha value is -2.47. The van der Waals surface area contributed by atoms with Crippen molar-refractivity contribution in [3.05, 3.63) is 42.9 Å². The number of benzene rings is 1. The number of aromatic nitrogens is 4. The quantitative estimate of drug-likeness (QED) is 0.733. The van der Waals surface area contributed by atoms with Gasteiger partial charge in [-0.15, -0.1) is 0 Å². The molecule has 0 N–H and O–H groups in total. The van der Waals surface area contributed by atoms with Crippen LogP contribution in [0, 0.1) is 0 Å². The van der Waals surface area contributed by atoms with Crippen LogP contribution in [-0.4, -0.2) is 57.4 Å². The molecule has 130 valence electrons. The summed E-state index contributed by atoms with van der Waals surface area (Å²) in [6.07, 6.45) is 5.93. The van der Waals surface area contributed by atoms with Gasteiger partial charge in [-0.05, 0) is 38.1 Å². The standard InChI is InChI=1S/C19H24N6/c1-2-9-23-10-6-11-24(13-12-23)18-17-14-22-25(19(17)21-15-20-18)16-7-4-3-5-8-16/h3-5,7-8,14-15H,2,6,9-13H2,1H3. The Labute approximate surface area is 148 Å². The van der Waals surface area contributed by atoms with Crippen LogP contribution in [0.25, 0.3) is 16.7 Å². The van der Waals surface area contributed by atoms with Crippen molar-refractivity contribution in [3.8, 4) is 5.69 Å². The molecule has 0 spiro atoms. The maximum Gasteiger partial charge on any atom is 0.168 e. The molecule has 0 saturated carbocycles. The molecule has 1 aliphatic rings. The molecule has 1 aromatic carbocycles. The van der Waals surface area contributed by atoms with Gasteiger partial charge in [0.25, 0.3) is 0 Å². The van der Waals surface area contributed by atoms with Gasteiger partial charge < -0.3 is 9.80 Å². The van der Waals surface area contributed by atoms with Crippen LogP contribution in [0.3, 0.4) is 0 Å². The van der Waals surface area contributed by atoms with Gasteiger partial charge in [0.15, 0.2) is 5.65 Å². The van der Waals surface area contributed by atoms with Crippen molar-refractivity contribution in [1.29, 1.82) is 0 Å². The van der Waals surface area contributed by atoms with Crippen LogP contribution >= 0.6 is 0 Å². The van der Waals surface area contributed by atoms with Gasteiger partial charge in [-0.25, -0.2) is 14.6 Å². The second kappa shape index (κ2) is 7.19. The lowest BCUT2D eigenvalue weighted by atomic mass is 10.3. The monoisotopic (exact) mass is 336 g/mol. The highest BCUT2D eigenvalue weighted by Gasteiger charge is 2.19. The molecule has 3 heterocycles. The molecule has 6 nitrogen and oxygen atoms in total. The lowest BCUT2D eigenvalue weighted by Crippen LogP contribution is -2.31. The van der Waals surface area contributed by atoms with Crippen molar-refractivity contribution >= 4 is 16.9 Å². The predicted molar refractivity (Wildman–Crippen MR) is 100 cm³/mol. The molecule has 1 saturated heterocycles. The van der Waals surface area contributed by atoms with Crippen molar-refractivity contribution in [3.63, 3.8) is 0 Å². The van der Waals surface area contributed by atoms with E-state index < -0.39 is 0 Å². The van der Waals surface area contributed by atoms with E-state index in [1.807, 2.05) is 41.2 Å². The van der Waals surface area contributed by atoms with E-state index in [0.717, 1.165) is 48.6 Å². The van der Waals surface area contributed by atoms with Gasteiger partial charge in [0, 0.05) is 19.6 Å². The third kappa shape index (κ3) is 3.22. The molecule has 4 rings (SSSR count). The Kier molecular flexibility index (Phi) is 4.61. The summed E-state index contributed by atoms with van der Waals surface area (Å²) >= 11 is 0. The summed E-state index contributed by atoms with van der Waals surface area (Å²) in [5, 5.41) is 5.59. The molecule has 2 aromatic heterocycles. The molecule has 0 bridgehead atoms. The fourth-order valence-corrected chi connectivity index (χ4v) is 3.56. The van der Waals surface area contributed by atoms with E-state index in [2.05, 4.69) is 31.8 Å². The van der Waals surface area contributed by atoms with E-state index in [4.69, 9.17) is 0 Å². The van der Waals surface area contributed by atoms with Crippen molar-refractivity contribution in [2.45, 2.75) is 19.8 Å². The highest BCUT2D eigenvalue weighted by Crippen LogP contribution is 2.25. The van der Waals surface area contributed by atoms with Crippen LogP contribution in [0.2, 0.25) is 0 Å². The van der Waals surface area contributed by atoms with E-state index in [1.54, 1.807) is 6.33 Å². The SMILES string of the molecule is CCCN1CCCN(c2ncnc3c2cnn3-c2ccccc2)CC1. The summed E-state index contributed by atoms with van der Waals surface area (Å²) in [6.45, 7) is 7.72. The molecular formula is C19H24N6. The summed E-state index contributed by atoms with van der Waals surface area (Å²) in [4.78, 5) is 14.0. The van der Waals surface area contributed by atoms with Gasteiger partial charge in [0.1, 0.15) is 12.1 Å². The molecule has 6 heteroatoms. The number of para-hydroxylation sites is 1. The molecule has 0 radical (unpaired) electrons. The average molecular weight is 336 g/mol. The topological polar surface area (TPSA) is 50.1 Å². The zero-order valence-corrected chi connectivity index (χ0v) is 14.7. The zero-order valence-electron chi connectivity index (χ0n) is 14.7. The number of rotatable bonds is 4. The van der Waals surface area contributed by atoms with E-state index >= 15 is 0 Å². The van der Waals surface area contributed by atoms with E-state index in [-0.39, 0.29) is 0 Å². The lowest BCUT2D eigenvalue weighted by Gasteiger charge is -2.22. The highest BCUT2D eigenvalue weighted by molar-refractivity contribution is 5.87. The first kappa shape index (κ1) is 16.0. The Morgan fingerprint density at radius 3 is 2.72 bits per heavy atom. The molecule has 0 unspecified atom stereocenters. The van der Waals surface area contributed by atoms with Crippen molar-refractivity contribution < 1.29 is 0 Å².